The van der Waals surface area contributed by atoms with Crippen LogP contribution in [0.3, 0.4) is 0 Å². The zero-order valence-electron chi connectivity index (χ0n) is 19.6. The van der Waals surface area contributed by atoms with E-state index < -0.39 is 17.3 Å². The van der Waals surface area contributed by atoms with E-state index in [1.54, 1.807) is 6.92 Å². The van der Waals surface area contributed by atoms with Crippen molar-refractivity contribution >= 4 is 23.1 Å². The number of benzene rings is 1. The molecular formula is C26H32FN3O3. The van der Waals surface area contributed by atoms with Crippen molar-refractivity contribution in [1.29, 1.82) is 0 Å². The number of nitrogens with zero attached hydrogens (tertiary/aromatic N) is 1. The third-order valence-corrected chi connectivity index (χ3v) is 7.29. The van der Waals surface area contributed by atoms with Gasteiger partial charge in [0.1, 0.15) is 5.82 Å². The third-order valence-electron chi connectivity index (χ3n) is 7.29. The summed E-state index contributed by atoms with van der Waals surface area (Å²) in [5.74, 6) is 3.81. The molecule has 1 aromatic rings. The molecule has 1 aromatic carbocycles. The Balaban J connectivity index is 1.73. The molecule has 2 aliphatic carbocycles. The maximum atomic E-state index is 15.6. The van der Waals surface area contributed by atoms with Crippen LogP contribution in [0.4, 0.5) is 10.1 Å². The summed E-state index contributed by atoms with van der Waals surface area (Å²) >= 11 is 0. The molecule has 0 radical (unpaired) electrons. The van der Waals surface area contributed by atoms with Gasteiger partial charge < -0.3 is 21.1 Å². The molecule has 1 unspecified atom stereocenters. The lowest BCUT2D eigenvalue weighted by Gasteiger charge is -2.37. The van der Waals surface area contributed by atoms with Crippen molar-refractivity contribution < 1.29 is 19.1 Å². The molecule has 0 saturated carbocycles. The van der Waals surface area contributed by atoms with Crippen LogP contribution < -0.4 is 16.0 Å². The lowest BCUT2D eigenvalue weighted by molar-refractivity contribution is -0.116. The SMILES string of the molecule is CC#CC(=O)N[C@H]1CCCN(c2c(F)cc(C(N)=O)c3c2C2=C(C3)CC(C(C)(C)O)CC2)C1. The standard InChI is InChI=1S/C26H32FN3O3/c1-4-6-22(31)29-17-7-5-10-30(14-17)24-21(27)13-20(25(28)32)19-12-15-11-16(26(2,3)33)8-9-18(15)23(19)24/h13,16-17,33H,5,7-12,14H2,1-3H3,(H2,28,32)(H,29,31)/t16?,17-/m0/s1. The molecule has 1 aliphatic heterocycles. The first-order chi connectivity index (χ1) is 15.6. The minimum atomic E-state index is -0.798. The number of halogens is 1. The number of fused-ring (bicyclic) bond motifs is 2. The lowest BCUT2D eigenvalue weighted by Crippen LogP contribution is -2.48. The average molecular weight is 454 g/mol. The second-order valence-electron chi connectivity index (χ2n) is 9.96. The van der Waals surface area contributed by atoms with E-state index >= 15 is 4.39 Å². The quantitative estimate of drug-likeness (QED) is 0.611. The molecule has 2 amide bonds. The number of rotatable bonds is 4. The lowest BCUT2D eigenvalue weighted by atomic mass is 9.76. The van der Waals surface area contributed by atoms with Crippen molar-refractivity contribution in [3.63, 3.8) is 0 Å². The summed E-state index contributed by atoms with van der Waals surface area (Å²) in [6, 6.07) is 1.14. The Morgan fingerprint density at radius 2 is 2.09 bits per heavy atom. The first-order valence-corrected chi connectivity index (χ1v) is 11.7. The molecule has 0 bridgehead atoms. The molecule has 0 aromatic heterocycles. The van der Waals surface area contributed by atoms with Crippen LogP contribution in [0, 0.1) is 23.6 Å². The van der Waals surface area contributed by atoms with Gasteiger partial charge >= 0.3 is 0 Å². The number of piperidine rings is 1. The minimum absolute atomic E-state index is 0.116. The summed E-state index contributed by atoms with van der Waals surface area (Å²) in [7, 11) is 0. The van der Waals surface area contributed by atoms with Crippen LogP contribution in [-0.4, -0.2) is 41.7 Å². The first kappa shape index (κ1) is 23.3. The van der Waals surface area contributed by atoms with Crippen LogP contribution in [0.25, 0.3) is 5.57 Å². The Morgan fingerprint density at radius 3 is 2.76 bits per heavy atom. The van der Waals surface area contributed by atoms with E-state index in [4.69, 9.17) is 5.73 Å². The summed E-state index contributed by atoms with van der Waals surface area (Å²) in [5, 5.41) is 13.5. The smallest absolute Gasteiger partial charge is 0.296 e. The summed E-state index contributed by atoms with van der Waals surface area (Å²) in [5.41, 5.74) is 9.43. The first-order valence-electron chi connectivity index (χ1n) is 11.7. The number of amides is 2. The normalized spacial score (nSPS) is 22.3. The molecule has 33 heavy (non-hydrogen) atoms. The fraction of sp³-hybridized carbons (Fsp3) is 0.538. The predicted octanol–water partition coefficient (Wildman–Crippen LogP) is 2.91. The summed E-state index contributed by atoms with van der Waals surface area (Å²) in [6.45, 7) is 6.42. The largest absolute Gasteiger partial charge is 0.390 e. The number of hydrogen-bond acceptors (Lipinski definition) is 4. The van der Waals surface area contributed by atoms with Crippen LogP contribution in [0.15, 0.2) is 11.6 Å². The number of aliphatic hydroxyl groups is 1. The number of nitrogens with one attached hydrogen (secondary N) is 1. The highest BCUT2D eigenvalue weighted by molar-refractivity contribution is 6.00. The Labute approximate surface area is 194 Å². The van der Waals surface area contributed by atoms with Gasteiger partial charge in [-0.25, -0.2) is 4.39 Å². The molecule has 4 rings (SSSR count). The average Bonchev–Trinajstić information content (AvgIpc) is 3.11. The number of primary amides is 1. The monoisotopic (exact) mass is 453 g/mol. The van der Waals surface area contributed by atoms with E-state index in [1.807, 2.05) is 18.7 Å². The number of anilines is 1. The van der Waals surface area contributed by atoms with Gasteiger partial charge in [-0.05, 0) is 88.3 Å². The van der Waals surface area contributed by atoms with Crippen LogP contribution in [0.5, 0.6) is 0 Å². The zero-order chi connectivity index (χ0) is 23.9. The Bertz CT molecular complexity index is 1090. The molecule has 1 heterocycles. The molecule has 6 nitrogen and oxygen atoms in total. The molecule has 176 valence electrons. The second-order valence-corrected chi connectivity index (χ2v) is 9.96. The molecule has 3 aliphatic rings. The van der Waals surface area contributed by atoms with Crippen molar-refractivity contribution in [3.05, 3.63) is 34.1 Å². The Hall–Kier alpha value is -2.85. The minimum Gasteiger partial charge on any atom is -0.390 e. The summed E-state index contributed by atoms with van der Waals surface area (Å²) < 4.78 is 15.6. The molecule has 7 heteroatoms. The highest BCUT2D eigenvalue weighted by Crippen LogP contribution is 2.50. The summed E-state index contributed by atoms with van der Waals surface area (Å²) in [6.07, 6.45) is 4.43. The van der Waals surface area contributed by atoms with Crippen molar-refractivity contribution in [2.75, 3.05) is 18.0 Å². The van der Waals surface area contributed by atoms with Gasteiger partial charge in [0, 0.05) is 30.3 Å². The van der Waals surface area contributed by atoms with E-state index in [9.17, 15) is 14.7 Å². The second kappa shape index (κ2) is 8.83. The molecular weight excluding hydrogens is 421 g/mol. The highest BCUT2D eigenvalue weighted by atomic mass is 19.1. The van der Waals surface area contributed by atoms with Crippen LogP contribution in [0.1, 0.15) is 74.4 Å². The van der Waals surface area contributed by atoms with Crippen LogP contribution in [-0.2, 0) is 11.2 Å². The number of allylic oxidation sites excluding steroid dienone is 2. The van der Waals surface area contributed by atoms with E-state index in [0.717, 1.165) is 54.4 Å². The maximum absolute atomic E-state index is 15.6. The van der Waals surface area contributed by atoms with E-state index in [2.05, 4.69) is 17.2 Å². The predicted molar refractivity (Wildman–Crippen MR) is 126 cm³/mol. The van der Waals surface area contributed by atoms with Gasteiger partial charge in [0.2, 0.25) is 5.91 Å². The summed E-state index contributed by atoms with van der Waals surface area (Å²) in [4.78, 5) is 26.1. The van der Waals surface area contributed by atoms with Gasteiger partial charge in [-0.15, -0.1) is 0 Å². The van der Waals surface area contributed by atoms with Gasteiger partial charge in [-0.3, -0.25) is 9.59 Å². The molecule has 0 spiro atoms. The highest BCUT2D eigenvalue weighted by Gasteiger charge is 2.39. The topological polar surface area (TPSA) is 95.7 Å². The molecule has 4 N–H and O–H groups in total. The number of nitrogens with two attached hydrogens (primary N) is 1. The van der Waals surface area contributed by atoms with E-state index in [1.165, 1.54) is 6.07 Å². The Morgan fingerprint density at radius 1 is 1.33 bits per heavy atom. The number of carbonyl (C=O) groups is 2. The van der Waals surface area contributed by atoms with Gasteiger partial charge in [0.15, 0.2) is 0 Å². The van der Waals surface area contributed by atoms with Gasteiger partial charge in [0.05, 0.1) is 11.3 Å². The maximum Gasteiger partial charge on any atom is 0.296 e. The van der Waals surface area contributed by atoms with Crippen molar-refractivity contribution in [3.8, 4) is 11.8 Å². The zero-order valence-corrected chi connectivity index (χ0v) is 19.6. The van der Waals surface area contributed by atoms with Crippen molar-refractivity contribution in [2.45, 2.75) is 70.9 Å². The van der Waals surface area contributed by atoms with Crippen LogP contribution in [0.2, 0.25) is 0 Å². The van der Waals surface area contributed by atoms with E-state index in [-0.39, 0.29) is 23.4 Å². The molecule has 2 atom stereocenters. The van der Waals surface area contributed by atoms with Crippen molar-refractivity contribution in [2.24, 2.45) is 11.7 Å². The van der Waals surface area contributed by atoms with Gasteiger partial charge in [-0.2, -0.15) is 0 Å². The number of carbonyl (C=O) groups excluding carboxylic acids is 2. The van der Waals surface area contributed by atoms with Crippen molar-refractivity contribution in [1.82, 2.24) is 5.32 Å². The fourth-order valence-corrected chi connectivity index (χ4v) is 5.67. The molecule has 1 saturated heterocycles. The van der Waals surface area contributed by atoms with Crippen LogP contribution >= 0.6 is 0 Å². The molecule has 1 fully saturated rings. The third kappa shape index (κ3) is 4.49. The Kier molecular flexibility index (Phi) is 6.24. The van der Waals surface area contributed by atoms with E-state index in [0.29, 0.717) is 25.2 Å². The van der Waals surface area contributed by atoms with Gasteiger partial charge in [0.25, 0.3) is 5.91 Å². The van der Waals surface area contributed by atoms with Gasteiger partial charge in [-0.1, -0.05) is 11.5 Å². The fourth-order valence-electron chi connectivity index (χ4n) is 5.67. The number of hydrogen-bond donors (Lipinski definition) is 3.